The Bertz CT molecular complexity index is 512. The van der Waals surface area contributed by atoms with Crippen molar-refractivity contribution in [3.8, 4) is 5.69 Å². The maximum atomic E-state index is 5.03. The first kappa shape index (κ1) is 9.08. The fraction of sp³-hybridized carbons (Fsp3) is 0.222. The van der Waals surface area contributed by atoms with Crippen molar-refractivity contribution in [1.29, 1.82) is 0 Å². The average molecular weight is 206 g/mol. The fourth-order valence-electron chi connectivity index (χ4n) is 1.31. The highest BCUT2D eigenvalue weighted by Crippen LogP contribution is 2.14. The number of aromatic amines is 1. The molecule has 0 atom stereocenters. The first-order valence-corrected chi connectivity index (χ1v) is 4.67. The van der Waals surface area contributed by atoms with Crippen molar-refractivity contribution < 1.29 is 0 Å². The van der Waals surface area contributed by atoms with Crippen LogP contribution in [0.25, 0.3) is 5.69 Å². The zero-order valence-corrected chi connectivity index (χ0v) is 8.80. The van der Waals surface area contributed by atoms with Crippen LogP contribution in [0.1, 0.15) is 11.1 Å². The van der Waals surface area contributed by atoms with Crippen molar-refractivity contribution >= 4 is 12.2 Å². The zero-order valence-electron chi connectivity index (χ0n) is 7.98. The third kappa shape index (κ3) is 1.46. The van der Waals surface area contributed by atoms with Gasteiger partial charge >= 0.3 is 0 Å². The average Bonchev–Trinajstić information content (AvgIpc) is 2.56. The zero-order chi connectivity index (χ0) is 10.1. The first-order valence-electron chi connectivity index (χ1n) is 4.26. The first-order chi connectivity index (χ1) is 6.68. The lowest BCUT2D eigenvalue weighted by Gasteiger charge is -2.05. The second-order valence-electron chi connectivity index (χ2n) is 3.21. The SMILES string of the molecule is Cc1ccc(C)c(-n2[nH]nnc2=S)c1. The van der Waals surface area contributed by atoms with Crippen molar-refractivity contribution in [3.63, 3.8) is 0 Å². The molecule has 0 spiro atoms. The van der Waals surface area contributed by atoms with Gasteiger partial charge in [-0.2, -0.15) is 5.21 Å². The lowest BCUT2D eigenvalue weighted by atomic mass is 10.1. The molecular formula is C9H10N4S. The summed E-state index contributed by atoms with van der Waals surface area (Å²) < 4.78 is 2.14. The summed E-state index contributed by atoms with van der Waals surface area (Å²) in [5, 5.41) is 10.1. The number of hydrogen-bond donors (Lipinski definition) is 1. The van der Waals surface area contributed by atoms with Gasteiger partial charge in [0.25, 0.3) is 0 Å². The number of hydrogen-bond acceptors (Lipinski definition) is 3. The topological polar surface area (TPSA) is 46.5 Å². The Labute approximate surface area is 86.6 Å². The van der Waals surface area contributed by atoms with Crippen molar-refractivity contribution in [1.82, 2.24) is 20.2 Å². The van der Waals surface area contributed by atoms with Gasteiger partial charge in [-0.05, 0) is 43.3 Å². The minimum Gasteiger partial charge on any atom is -0.209 e. The van der Waals surface area contributed by atoms with Gasteiger partial charge in [0.05, 0.1) is 5.69 Å². The van der Waals surface area contributed by atoms with Gasteiger partial charge in [-0.3, -0.25) is 0 Å². The van der Waals surface area contributed by atoms with Crippen LogP contribution in [0.5, 0.6) is 0 Å². The van der Waals surface area contributed by atoms with Gasteiger partial charge in [-0.15, -0.1) is 0 Å². The second kappa shape index (κ2) is 3.34. The van der Waals surface area contributed by atoms with Crippen molar-refractivity contribution in [3.05, 3.63) is 34.1 Å². The second-order valence-corrected chi connectivity index (χ2v) is 3.57. The summed E-state index contributed by atoms with van der Waals surface area (Å²) in [4.78, 5) is 0. The summed E-state index contributed by atoms with van der Waals surface area (Å²) in [5.41, 5.74) is 3.32. The minimum absolute atomic E-state index is 0.443. The highest BCUT2D eigenvalue weighted by molar-refractivity contribution is 7.71. The Balaban J connectivity index is 2.68. The van der Waals surface area contributed by atoms with E-state index in [-0.39, 0.29) is 0 Å². The molecular weight excluding hydrogens is 196 g/mol. The number of aromatic nitrogens is 4. The third-order valence-electron chi connectivity index (χ3n) is 2.08. The van der Waals surface area contributed by atoms with Gasteiger partial charge in [0.1, 0.15) is 0 Å². The van der Waals surface area contributed by atoms with E-state index in [2.05, 4.69) is 21.6 Å². The molecule has 1 aromatic heterocycles. The van der Waals surface area contributed by atoms with Crippen LogP contribution in [-0.4, -0.2) is 20.2 Å². The van der Waals surface area contributed by atoms with E-state index in [4.69, 9.17) is 12.2 Å². The summed E-state index contributed by atoms with van der Waals surface area (Å²) in [6.45, 7) is 4.06. The molecule has 0 unspecified atom stereocenters. The van der Waals surface area contributed by atoms with Gasteiger partial charge in [0.15, 0.2) is 0 Å². The van der Waals surface area contributed by atoms with E-state index >= 15 is 0 Å². The highest BCUT2D eigenvalue weighted by atomic mass is 32.1. The molecule has 5 heteroatoms. The van der Waals surface area contributed by atoms with Gasteiger partial charge in [-0.1, -0.05) is 22.4 Å². The van der Waals surface area contributed by atoms with Gasteiger partial charge in [-0.25, -0.2) is 4.68 Å². The summed E-state index contributed by atoms with van der Waals surface area (Å²) in [7, 11) is 0. The molecule has 1 heterocycles. The van der Waals surface area contributed by atoms with Crippen LogP contribution in [0.3, 0.4) is 0 Å². The van der Waals surface area contributed by atoms with Crippen LogP contribution in [-0.2, 0) is 0 Å². The summed E-state index contributed by atoms with van der Waals surface area (Å²) >= 11 is 5.03. The molecule has 0 saturated heterocycles. The molecule has 72 valence electrons. The van der Waals surface area contributed by atoms with Crippen LogP contribution in [0.15, 0.2) is 18.2 Å². The van der Waals surface area contributed by atoms with E-state index in [0.717, 1.165) is 11.3 Å². The molecule has 2 aromatic rings. The van der Waals surface area contributed by atoms with Gasteiger partial charge in [0.2, 0.25) is 4.77 Å². The van der Waals surface area contributed by atoms with E-state index in [1.165, 1.54) is 5.56 Å². The number of nitrogens with one attached hydrogen (secondary N) is 1. The number of H-pyrrole nitrogens is 1. The van der Waals surface area contributed by atoms with Crippen LogP contribution in [0.4, 0.5) is 0 Å². The molecule has 0 radical (unpaired) electrons. The molecule has 0 fully saturated rings. The van der Waals surface area contributed by atoms with E-state index in [1.54, 1.807) is 4.68 Å². The Morgan fingerprint density at radius 1 is 1.36 bits per heavy atom. The maximum absolute atomic E-state index is 5.03. The van der Waals surface area contributed by atoms with Gasteiger partial charge < -0.3 is 0 Å². The normalized spacial score (nSPS) is 10.4. The third-order valence-corrected chi connectivity index (χ3v) is 2.34. The molecule has 1 N–H and O–H groups in total. The van der Waals surface area contributed by atoms with Crippen molar-refractivity contribution in [2.24, 2.45) is 0 Å². The lowest BCUT2D eigenvalue weighted by Crippen LogP contribution is -1.99. The molecule has 0 aliphatic rings. The highest BCUT2D eigenvalue weighted by Gasteiger charge is 2.03. The smallest absolute Gasteiger partial charge is 0.209 e. The molecule has 0 aliphatic heterocycles. The Morgan fingerprint density at radius 2 is 2.14 bits per heavy atom. The number of nitrogens with zero attached hydrogens (tertiary/aromatic N) is 3. The Kier molecular flexibility index (Phi) is 2.17. The number of tetrazole rings is 1. The van der Waals surface area contributed by atoms with Crippen LogP contribution in [0, 0.1) is 18.6 Å². The Morgan fingerprint density at radius 3 is 2.79 bits per heavy atom. The quantitative estimate of drug-likeness (QED) is 0.725. The van der Waals surface area contributed by atoms with E-state index in [1.807, 2.05) is 26.0 Å². The number of aryl methyl sites for hydroxylation is 2. The molecule has 0 saturated carbocycles. The summed E-state index contributed by atoms with van der Waals surface area (Å²) in [6, 6.07) is 6.16. The minimum atomic E-state index is 0.443. The Hall–Kier alpha value is -1.49. The maximum Gasteiger partial charge on any atom is 0.242 e. The fourth-order valence-corrected chi connectivity index (χ4v) is 1.49. The largest absolute Gasteiger partial charge is 0.242 e. The van der Waals surface area contributed by atoms with Crippen LogP contribution in [0.2, 0.25) is 0 Å². The van der Waals surface area contributed by atoms with Gasteiger partial charge in [0, 0.05) is 0 Å². The van der Waals surface area contributed by atoms with Crippen LogP contribution >= 0.6 is 12.2 Å². The van der Waals surface area contributed by atoms with Crippen LogP contribution < -0.4 is 0 Å². The monoisotopic (exact) mass is 206 g/mol. The molecule has 1 aromatic carbocycles. The lowest BCUT2D eigenvalue weighted by molar-refractivity contribution is 0.781. The predicted molar refractivity (Wildman–Crippen MR) is 56.0 cm³/mol. The molecule has 0 aliphatic carbocycles. The molecule has 0 bridgehead atoms. The molecule has 4 nitrogen and oxygen atoms in total. The predicted octanol–water partition coefficient (Wildman–Crippen LogP) is 1.94. The van der Waals surface area contributed by atoms with E-state index in [9.17, 15) is 0 Å². The van der Waals surface area contributed by atoms with E-state index < -0.39 is 0 Å². The molecule has 0 amide bonds. The number of benzene rings is 1. The van der Waals surface area contributed by atoms with Crippen molar-refractivity contribution in [2.75, 3.05) is 0 Å². The molecule has 14 heavy (non-hydrogen) atoms. The van der Waals surface area contributed by atoms with E-state index in [0.29, 0.717) is 4.77 Å². The standard InChI is InChI=1S/C9H10N4S/c1-6-3-4-7(2)8(5-6)13-9(14)10-11-12-13/h3-5H,1-2H3,(H,10,12,14). The summed E-state index contributed by atoms with van der Waals surface area (Å²) in [6.07, 6.45) is 0. The van der Waals surface area contributed by atoms with Crippen molar-refractivity contribution in [2.45, 2.75) is 13.8 Å². The molecule has 2 rings (SSSR count). The summed E-state index contributed by atoms with van der Waals surface area (Å²) in [5.74, 6) is 0. The number of rotatable bonds is 1.